The van der Waals surface area contributed by atoms with E-state index in [4.69, 9.17) is 11.6 Å². The monoisotopic (exact) mass is 495 g/mol. The third kappa shape index (κ3) is 3.97. The summed E-state index contributed by atoms with van der Waals surface area (Å²) < 4.78 is 42.1. The number of hydrogen-bond acceptors (Lipinski definition) is 6. The summed E-state index contributed by atoms with van der Waals surface area (Å²) >= 11 is 8.23. The van der Waals surface area contributed by atoms with Crippen LogP contribution in [0.25, 0.3) is 16.2 Å². The number of anilines is 1. The first kappa shape index (κ1) is 22.3. The predicted molar refractivity (Wildman–Crippen MR) is 117 cm³/mol. The van der Waals surface area contributed by atoms with Crippen LogP contribution in [0.4, 0.5) is 18.2 Å². The zero-order valence-electron chi connectivity index (χ0n) is 16.5. The Morgan fingerprint density at radius 1 is 1.31 bits per heavy atom. The number of aromatic nitrogens is 3. The number of nitriles is 1. The maximum Gasteiger partial charge on any atom is 0.433 e. The number of nitrogens with one attached hydrogen (secondary N) is 1. The minimum atomic E-state index is -4.73. The van der Waals surface area contributed by atoms with Crippen LogP contribution in [0, 0.1) is 18.3 Å². The molecular weight excluding hydrogens is 483 g/mol. The van der Waals surface area contributed by atoms with Gasteiger partial charge in [0.25, 0.3) is 5.91 Å². The van der Waals surface area contributed by atoms with Crippen molar-refractivity contribution in [2.45, 2.75) is 26.4 Å². The number of halogens is 4. The highest BCUT2D eigenvalue weighted by molar-refractivity contribution is 7.19. The van der Waals surface area contributed by atoms with E-state index in [9.17, 15) is 23.2 Å². The van der Waals surface area contributed by atoms with Crippen LogP contribution >= 0.6 is 34.3 Å². The Bertz CT molecular complexity index is 1400. The standard InChI is InChI=1S/C20H13ClF3N5OS2/c1-3-10-9(2)31-19(11(10)8-25)27-18(30)13-7-17-26-12(14-4-5-16(21)32-14)6-15(20(22,23)24)29(17)28-13/h4-7H,3H2,1-2H3,(H,27,30). The zero-order chi connectivity index (χ0) is 23.2. The Morgan fingerprint density at radius 3 is 2.66 bits per heavy atom. The molecule has 1 amide bonds. The van der Waals surface area contributed by atoms with Gasteiger partial charge in [-0.25, -0.2) is 9.50 Å². The Balaban J connectivity index is 1.78. The summed E-state index contributed by atoms with van der Waals surface area (Å²) in [6.07, 6.45) is -4.12. The van der Waals surface area contributed by atoms with E-state index in [-0.39, 0.29) is 17.0 Å². The topological polar surface area (TPSA) is 83.1 Å². The van der Waals surface area contributed by atoms with Crippen molar-refractivity contribution >= 4 is 50.8 Å². The van der Waals surface area contributed by atoms with Gasteiger partial charge in [-0.3, -0.25) is 4.79 Å². The van der Waals surface area contributed by atoms with Gasteiger partial charge in [-0.05, 0) is 37.1 Å². The number of alkyl halides is 3. The van der Waals surface area contributed by atoms with E-state index >= 15 is 0 Å². The van der Waals surface area contributed by atoms with E-state index in [1.54, 1.807) is 12.1 Å². The Kier molecular flexibility index (Phi) is 5.70. The van der Waals surface area contributed by atoms with Gasteiger partial charge in [-0.2, -0.15) is 23.5 Å². The lowest BCUT2D eigenvalue weighted by Gasteiger charge is -2.10. The van der Waals surface area contributed by atoms with Gasteiger partial charge in [0.2, 0.25) is 0 Å². The molecule has 0 atom stereocenters. The predicted octanol–water partition coefficient (Wildman–Crippen LogP) is 6.19. The van der Waals surface area contributed by atoms with E-state index < -0.39 is 17.8 Å². The molecule has 0 saturated carbocycles. The summed E-state index contributed by atoms with van der Waals surface area (Å²) in [5, 5.41) is 16.2. The Hall–Kier alpha value is -2.94. The minimum absolute atomic E-state index is 0.0711. The summed E-state index contributed by atoms with van der Waals surface area (Å²) in [5.41, 5.74) is -0.221. The van der Waals surface area contributed by atoms with Crippen LogP contribution in [-0.4, -0.2) is 20.5 Å². The summed E-state index contributed by atoms with van der Waals surface area (Å²) in [6, 6.07) is 7.26. The third-order valence-corrected chi connectivity index (χ3v) is 6.99. The minimum Gasteiger partial charge on any atom is -0.311 e. The molecule has 0 aliphatic heterocycles. The van der Waals surface area contributed by atoms with E-state index in [0.29, 0.717) is 30.7 Å². The normalized spacial score (nSPS) is 11.7. The molecule has 0 unspecified atom stereocenters. The molecule has 12 heteroatoms. The van der Waals surface area contributed by atoms with Crippen LogP contribution in [0.5, 0.6) is 0 Å². The van der Waals surface area contributed by atoms with Crippen molar-refractivity contribution in [1.82, 2.24) is 14.6 Å². The first-order chi connectivity index (χ1) is 15.1. The second-order valence-corrected chi connectivity index (χ2v) is 9.63. The molecule has 0 aromatic carbocycles. The summed E-state index contributed by atoms with van der Waals surface area (Å²) in [5.74, 6) is -0.732. The number of fused-ring (bicyclic) bond motifs is 1. The fraction of sp³-hybridized carbons (Fsp3) is 0.200. The molecule has 0 bridgehead atoms. The van der Waals surface area contributed by atoms with Gasteiger partial charge in [-0.1, -0.05) is 18.5 Å². The summed E-state index contributed by atoms with van der Waals surface area (Å²) in [6.45, 7) is 3.73. The van der Waals surface area contributed by atoms with E-state index in [1.165, 1.54) is 17.4 Å². The maximum atomic E-state index is 13.7. The van der Waals surface area contributed by atoms with Crippen LogP contribution in [0.2, 0.25) is 4.34 Å². The van der Waals surface area contributed by atoms with Gasteiger partial charge < -0.3 is 5.32 Å². The molecule has 0 aliphatic rings. The molecule has 0 aliphatic carbocycles. The van der Waals surface area contributed by atoms with Crippen molar-refractivity contribution in [2.24, 2.45) is 0 Å². The fourth-order valence-electron chi connectivity index (χ4n) is 3.24. The average molecular weight is 496 g/mol. The van der Waals surface area contributed by atoms with Crippen molar-refractivity contribution in [3.05, 3.63) is 56.0 Å². The molecule has 0 spiro atoms. The number of carbonyl (C=O) groups excluding carboxylic acids is 1. The van der Waals surface area contributed by atoms with Gasteiger partial charge in [-0.15, -0.1) is 22.7 Å². The number of hydrogen-bond donors (Lipinski definition) is 1. The lowest BCUT2D eigenvalue weighted by molar-refractivity contribution is -0.142. The molecule has 32 heavy (non-hydrogen) atoms. The lowest BCUT2D eigenvalue weighted by Crippen LogP contribution is -2.15. The molecule has 4 aromatic rings. The maximum absolute atomic E-state index is 13.7. The quantitative estimate of drug-likeness (QED) is 0.366. The molecule has 4 aromatic heterocycles. The lowest BCUT2D eigenvalue weighted by atomic mass is 10.1. The van der Waals surface area contributed by atoms with Crippen molar-refractivity contribution in [2.75, 3.05) is 5.32 Å². The fourth-order valence-corrected chi connectivity index (χ4v) is 5.34. The summed E-state index contributed by atoms with van der Waals surface area (Å²) in [7, 11) is 0. The SMILES string of the molecule is CCc1c(C)sc(NC(=O)c2cc3nc(-c4ccc(Cl)s4)cc(C(F)(F)F)n3n2)c1C#N. The second kappa shape index (κ2) is 8.20. The summed E-state index contributed by atoms with van der Waals surface area (Å²) in [4.78, 5) is 18.3. The second-order valence-electron chi connectivity index (χ2n) is 6.69. The number of rotatable bonds is 4. The molecule has 4 heterocycles. The van der Waals surface area contributed by atoms with Gasteiger partial charge in [0, 0.05) is 10.9 Å². The molecule has 0 fully saturated rings. The van der Waals surface area contributed by atoms with Gasteiger partial charge >= 0.3 is 6.18 Å². The Morgan fingerprint density at radius 2 is 2.06 bits per heavy atom. The van der Waals surface area contributed by atoms with Crippen LogP contribution < -0.4 is 5.32 Å². The largest absolute Gasteiger partial charge is 0.433 e. The first-order valence-electron chi connectivity index (χ1n) is 9.19. The van der Waals surface area contributed by atoms with Crippen LogP contribution in [0.1, 0.15) is 39.1 Å². The van der Waals surface area contributed by atoms with Crippen LogP contribution in [0.3, 0.4) is 0 Å². The van der Waals surface area contributed by atoms with Crippen molar-refractivity contribution in [1.29, 1.82) is 5.26 Å². The van der Waals surface area contributed by atoms with E-state index in [0.717, 1.165) is 27.8 Å². The van der Waals surface area contributed by atoms with Crippen molar-refractivity contribution < 1.29 is 18.0 Å². The Labute approximate surface area is 192 Å². The van der Waals surface area contributed by atoms with E-state index in [1.807, 2.05) is 13.8 Å². The number of carbonyl (C=O) groups is 1. The molecule has 4 rings (SSSR count). The molecule has 1 N–H and O–H groups in total. The highest BCUT2D eigenvalue weighted by Gasteiger charge is 2.36. The third-order valence-electron chi connectivity index (χ3n) is 4.68. The average Bonchev–Trinajstić information content (AvgIpc) is 3.42. The smallest absolute Gasteiger partial charge is 0.311 e. The molecule has 0 saturated heterocycles. The van der Waals surface area contributed by atoms with Crippen molar-refractivity contribution in [3.63, 3.8) is 0 Å². The van der Waals surface area contributed by atoms with E-state index in [2.05, 4.69) is 21.5 Å². The van der Waals surface area contributed by atoms with Crippen LogP contribution in [-0.2, 0) is 12.6 Å². The molecule has 164 valence electrons. The highest BCUT2D eigenvalue weighted by Crippen LogP contribution is 2.36. The number of amides is 1. The number of thiophene rings is 2. The molecule has 6 nitrogen and oxygen atoms in total. The number of aryl methyl sites for hydroxylation is 1. The van der Waals surface area contributed by atoms with Crippen LogP contribution in [0.15, 0.2) is 24.3 Å². The van der Waals surface area contributed by atoms with Crippen molar-refractivity contribution in [3.8, 4) is 16.6 Å². The van der Waals surface area contributed by atoms with Gasteiger partial charge in [0.15, 0.2) is 17.0 Å². The van der Waals surface area contributed by atoms with Gasteiger partial charge in [0.05, 0.1) is 20.5 Å². The molecular formula is C20H13ClF3N5OS2. The number of nitrogens with zero attached hydrogens (tertiary/aromatic N) is 4. The van der Waals surface area contributed by atoms with Gasteiger partial charge in [0.1, 0.15) is 11.1 Å². The molecule has 0 radical (unpaired) electrons. The first-order valence-corrected chi connectivity index (χ1v) is 11.2. The zero-order valence-corrected chi connectivity index (χ0v) is 18.9. The highest BCUT2D eigenvalue weighted by atomic mass is 35.5.